The van der Waals surface area contributed by atoms with Crippen molar-refractivity contribution in [2.45, 2.75) is 13.8 Å². The number of nitrogens with one attached hydrogen (secondary N) is 1. The van der Waals surface area contributed by atoms with E-state index in [4.69, 9.17) is 4.74 Å². The van der Waals surface area contributed by atoms with Crippen LogP contribution in [0.4, 0.5) is 5.69 Å². The Morgan fingerprint density at radius 1 is 1.03 bits per heavy atom. The summed E-state index contributed by atoms with van der Waals surface area (Å²) in [5.41, 5.74) is 4.34. The van der Waals surface area contributed by atoms with Gasteiger partial charge in [-0.3, -0.25) is 4.79 Å². The highest BCUT2D eigenvalue weighted by molar-refractivity contribution is 7.13. The molecule has 1 amide bonds. The predicted octanol–water partition coefficient (Wildman–Crippen LogP) is 5.01. The van der Waals surface area contributed by atoms with E-state index in [2.05, 4.69) is 10.4 Å². The summed E-state index contributed by atoms with van der Waals surface area (Å²) in [6.45, 7) is 3.47. The van der Waals surface area contributed by atoms with E-state index in [0.29, 0.717) is 11.4 Å². The molecule has 0 atom stereocenters. The molecule has 2 heterocycles. The van der Waals surface area contributed by atoms with Crippen LogP contribution in [0.15, 0.2) is 72.1 Å². The van der Waals surface area contributed by atoms with Crippen molar-refractivity contribution in [1.82, 2.24) is 9.78 Å². The number of aromatic nitrogens is 2. The van der Waals surface area contributed by atoms with Gasteiger partial charge in [0.1, 0.15) is 5.69 Å². The number of ether oxygens (including phenoxy) is 1. The molecule has 0 saturated carbocycles. The number of anilines is 1. The van der Waals surface area contributed by atoms with Crippen LogP contribution < -0.4 is 5.32 Å². The van der Waals surface area contributed by atoms with Crippen LogP contribution >= 0.6 is 11.3 Å². The number of para-hydroxylation sites is 1. The summed E-state index contributed by atoms with van der Waals surface area (Å²) in [6.07, 6.45) is 0. The van der Waals surface area contributed by atoms with E-state index in [0.717, 1.165) is 21.7 Å². The van der Waals surface area contributed by atoms with Crippen molar-refractivity contribution in [1.29, 1.82) is 0 Å². The maximum absolute atomic E-state index is 12.8. The fourth-order valence-electron chi connectivity index (χ4n) is 3.10. The van der Waals surface area contributed by atoms with Gasteiger partial charge in [-0.1, -0.05) is 36.4 Å². The molecule has 1 N–H and O–H groups in total. The minimum atomic E-state index is -0.615. The Morgan fingerprint density at radius 3 is 2.58 bits per heavy atom. The minimum absolute atomic E-state index is 0.258. The highest BCUT2D eigenvalue weighted by Crippen LogP contribution is 2.26. The summed E-state index contributed by atoms with van der Waals surface area (Å²) in [7, 11) is 0. The number of amides is 1. The van der Waals surface area contributed by atoms with E-state index in [-0.39, 0.29) is 12.3 Å². The Hall–Kier alpha value is -3.71. The van der Waals surface area contributed by atoms with Crippen molar-refractivity contribution in [3.05, 3.63) is 88.9 Å². The first kappa shape index (κ1) is 20.6. The van der Waals surface area contributed by atoms with Gasteiger partial charge in [-0.05, 0) is 54.6 Å². The smallest absolute Gasteiger partial charge is 0.357 e. The molecule has 0 aliphatic rings. The molecule has 0 unspecified atom stereocenters. The van der Waals surface area contributed by atoms with Gasteiger partial charge in [-0.15, -0.1) is 11.3 Å². The summed E-state index contributed by atoms with van der Waals surface area (Å²) < 4.78 is 6.86. The fourth-order valence-corrected chi connectivity index (χ4v) is 3.78. The lowest BCUT2D eigenvalue weighted by Crippen LogP contribution is -2.22. The van der Waals surface area contributed by atoms with Gasteiger partial charge in [0.25, 0.3) is 5.91 Å². The van der Waals surface area contributed by atoms with Gasteiger partial charge in [0.15, 0.2) is 12.3 Å². The van der Waals surface area contributed by atoms with Crippen molar-refractivity contribution >= 4 is 28.9 Å². The van der Waals surface area contributed by atoms with Gasteiger partial charge < -0.3 is 10.1 Å². The quantitative estimate of drug-likeness (QED) is 0.436. The molecule has 4 rings (SSSR count). The number of thiophene rings is 1. The number of benzene rings is 2. The zero-order chi connectivity index (χ0) is 21.8. The first-order chi connectivity index (χ1) is 15.0. The molecule has 0 radical (unpaired) electrons. The van der Waals surface area contributed by atoms with Gasteiger partial charge in [-0.25, -0.2) is 9.48 Å². The molecule has 156 valence electrons. The SMILES string of the molecule is Cc1ccc(C)c(NC(=O)COC(=O)c2cc(-c3cccs3)nn2-c2ccccc2)c1. The van der Waals surface area contributed by atoms with Crippen molar-refractivity contribution in [2.24, 2.45) is 0 Å². The van der Waals surface area contributed by atoms with Gasteiger partial charge in [-0.2, -0.15) is 5.10 Å². The topological polar surface area (TPSA) is 73.2 Å². The average Bonchev–Trinajstić information content (AvgIpc) is 3.45. The lowest BCUT2D eigenvalue weighted by molar-refractivity contribution is -0.119. The third-order valence-corrected chi connectivity index (χ3v) is 5.59. The maximum atomic E-state index is 12.8. The molecule has 6 nitrogen and oxygen atoms in total. The van der Waals surface area contributed by atoms with E-state index < -0.39 is 11.9 Å². The molecule has 0 fully saturated rings. The molecular weight excluding hydrogens is 410 g/mol. The van der Waals surface area contributed by atoms with Crippen LogP contribution in [0.1, 0.15) is 21.6 Å². The fraction of sp³-hybridized carbons (Fsp3) is 0.125. The minimum Gasteiger partial charge on any atom is -0.451 e. The standard InChI is InChI=1S/C24H21N3O3S/c1-16-10-11-17(2)19(13-16)25-23(28)15-30-24(29)21-14-20(22-9-6-12-31-22)26-27(21)18-7-4-3-5-8-18/h3-14H,15H2,1-2H3,(H,25,28). The maximum Gasteiger partial charge on any atom is 0.357 e. The van der Waals surface area contributed by atoms with Crippen LogP contribution in [-0.4, -0.2) is 28.3 Å². The highest BCUT2D eigenvalue weighted by Gasteiger charge is 2.20. The number of rotatable bonds is 6. The Morgan fingerprint density at radius 2 is 1.84 bits per heavy atom. The van der Waals surface area contributed by atoms with Crippen molar-refractivity contribution in [2.75, 3.05) is 11.9 Å². The lowest BCUT2D eigenvalue weighted by Gasteiger charge is -2.10. The van der Waals surface area contributed by atoms with Gasteiger partial charge in [0.2, 0.25) is 0 Å². The Balaban J connectivity index is 1.52. The van der Waals surface area contributed by atoms with Gasteiger partial charge in [0, 0.05) is 11.8 Å². The molecule has 0 aliphatic heterocycles. The monoisotopic (exact) mass is 431 g/mol. The zero-order valence-corrected chi connectivity index (χ0v) is 18.0. The van der Waals surface area contributed by atoms with Crippen molar-refractivity contribution < 1.29 is 14.3 Å². The van der Waals surface area contributed by atoms with Gasteiger partial charge in [0.05, 0.1) is 10.6 Å². The molecule has 4 aromatic rings. The second-order valence-corrected chi connectivity index (χ2v) is 8.03. The molecular formula is C24H21N3O3S. The Bertz CT molecular complexity index is 1210. The normalized spacial score (nSPS) is 10.6. The van der Waals surface area contributed by atoms with E-state index in [1.54, 1.807) is 10.7 Å². The van der Waals surface area contributed by atoms with Crippen LogP contribution in [-0.2, 0) is 9.53 Å². The molecule has 0 saturated heterocycles. The molecule has 0 bridgehead atoms. The van der Waals surface area contributed by atoms with Crippen LogP contribution in [0.3, 0.4) is 0 Å². The van der Waals surface area contributed by atoms with Crippen molar-refractivity contribution in [3.63, 3.8) is 0 Å². The van der Waals surface area contributed by atoms with Crippen LogP contribution in [0.5, 0.6) is 0 Å². The Kier molecular flexibility index (Phi) is 5.95. The van der Waals surface area contributed by atoms with E-state index in [9.17, 15) is 9.59 Å². The summed E-state index contributed by atoms with van der Waals surface area (Å²) in [5, 5.41) is 9.33. The van der Waals surface area contributed by atoms with Gasteiger partial charge >= 0.3 is 5.97 Å². The number of aryl methyl sites for hydroxylation is 2. The largest absolute Gasteiger partial charge is 0.451 e. The number of esters is 1. The average molecular weight is 432 g/mol. The predicted molar refractivity (Wildman–Crippen MR) is 122 cm³/mol. The number of carbonyl (C=O) groups excluding carboxylic acids is 2. The Labute approximate surface area is 184 Å². The third-order valence-electron chi connectivity index (χ3n) is 4.69. The molecule has 2 aromatic heterocycles. The molecule has 2 aromatic carbocycles. The van der Waals surface area contributed by atoms with Crippen LogP contribution in [0.25, 0.3) is 16.3 Å². The summed E-state index contributed by atoms with van der Waals surface area (Å²) in [5.74, 6) is -1.01. The van der Waals surface area contributed by atoms with Crippen LogP contribution in [0.2, 0.25) is 0 Å². The van der Waals surface area contributed by atoms with Crippen molar-refractivity contribution in [3.8, 4) is 16.3 Å². The third kappa shape index (κ3) is 4.73. The number of nitrogens with zero attached hydrogens (tertiary/aromatic N) is 2. The summed E-state index contributed by atoms with van der Waals surface area (Å²) in [4.78, 5) is 26.1. The van der Waals surface area contributed by atoms with E-state index in [1.807, 2.05) is 79.9 Å². The molecule has 31 heavy (non-hydrogen) atoms. The molecule has 0 spiro atoms. The second-order valence-electron chi connectivity index (χ2n) is 7.08. The second kappa shape index (κ2) is 8.97. The molecule has 0 aliphatic carbocycles. The number of hydrogen-bond acceptors (Lipinski definition) is 5. The van der Waals surface area contributed by atoms with Crippen LogP contribution in [0, 0.1) is 13.8 Å². The number of carbonyl (C=O) groups is 2. The lowest BCUT2D eigenvalue weighted by atomic mass is 10.1. The first-order valence-corrected chi connectivity index (χ1v) is 10.6. The first-order valence-electron chi connectivity index (χ1n) is 9.75. The number of hydrogen-bond donors (Lipinski definition) is 1. The van der Waals surface area contributed by atoms with E-state index in [1.165, 1.54) is 11.3 Å². The summed E-state index contributed by atoms with van der Waals surface area (Å²) in [6, 6.07) is 20.7. The van der Waals surface area contributed by atoms with E-state index >= 15 is 0 Å². The zero-order valence-electron chi connectivity index (χ0n) is 17.2. The highest BCUT2D eigenvalue weighted by atomic mass is 32.1. The summed E-state index contributed by atoms with van der Waals surface area (Å²) >= 11 is 1.53. The molecule has 7 heteroatoms.